The second-order valence-corrected chi connectivity index (χ2v) is 8.22. The van der Waals surface area contributed by atoms with Crippen molar-refractivity contribution < 1.29 is 19.1 Å². The van der Waals surface area contributed by atoms with Crippen molar-refractivity contribution in [1.82, 2.24) is 0 Å². The molecule has 0 radical (unpaired) electrons. The summed E-state index contributed by atoms with van der Waals surface area (Å²) in [5.41, 5.74) is 1.57. The molecular formula is C22H32O4. The van der Waals surface area contributed by atoms with E-state index in [0.717, 1.165) is 50.2 Å². The van der Waals surface area contributed by atoms with E-state index in [2.05, 4.69) is 26.8 Å². The maximum atomic E-state index is 11.9. The minimum absolute atomic E-state index is 0.154. The SMILES string of the molecule is CC(=O)OC(CC=O)C12C(C=O)=CCC1CCC2CC[C@H](C)C=C(C)C. The second kappa shape index (κ2) is 8.79. The van der Waals surface area contributed by atoms with Crippen LogP contribution in [0, 0.1) is 23.2 Å². The minimum atomic E-state index is -0.535. The first-order valence-corrected chi connectivity index (χ1v) is 9.77. The lowest BCUT2D eigenvalue weighted by Crippen LogP contribution is -2.46. The van der Waals surface area contributed by atoms with Crippen LogP contribution in [-0.2, 0) is 19.1 Å². The number of ether oxygens (including phenoxy) is 1. The maximum Gasteiger partial charge on any atom is 0.302 e. The quantitative estimate of drug-likeness (QED) is 0.347. The zero-order valence-corrected chi connectivity index (χ0v) is 16.5. The Morgan fingerprint density at radius 2 is 2.04 bits per heavy atom. The second-order valence-electron chi connectivity index (χ2n) is 8.22. The van der Waals surface area contributed by atoms with Crippen LogP contribution in [0.2, 0.25) is 0 Å². The Balaban J connectivity index is 2.32. The summed E-state index contributed by atoms with van der Waals surface area (Å²) in [6.45, 7) is 7.80. The van der Waals surface area contributed by atoms with Crippen molar-refractivity contribution in [2.75, 3.05) is 0 Å². The van der Waals surface area contributed by atoms with Gasteiger partial charge in [0.1, 0.15) is 18.7 Å². The molecule has 4 nitrogen and oxygen atoms in total. The molecule has 0 aromatic heterocycles. The van der Waals surface area contributed by atoms with Gasteiger partial charge < -0.3 is 9.53 Å². The van der Waals surface area contributed by atoms with Crippen molar-refractivity contribution in [1.29, 1.82) is 0 Å². The predicted octanol–water partition coefficient (Wildman–Crippen LogP) is 4.43. The van der Waals surface area contributed by atoms with E-state index in [0.29, 0.717) is 5.92 Å². The monoisotopic (exact) mass is 360 g/mol. The highest BCUT2D eigenvalue weighted by molar-refractivity contribution is 5.78. The van der Waals surface area contributed by atoms with Gasteiger partial charge in [-0.3, -0.25) is 9.59 Å². The molecule has 2 rings (SSSR count). The average molecular weight is 360 g/mol. The van der Waals surface area contributed by atoms with Gasteiger partial charge in [-0.1, -0.05) is 24.6 Å². The summed E-state index contributed by atoms with van der Waals surface area (Å²) in [4.78, 5) is 34.9. The molecule has 0 saturated heterocycles. The van der Waals surface area contributed by atoms with E-state index in [1.165, 1.54) is 12.5 Å². The Labute approximate surface area is 157 Å². The van der Waals surface area contributed by atoms with E-state index in [1.54, 1.807) is 0 Å². The van der Waals surface area contributed by atoms with Crippen LogP contribution in [0.5, 0.6) is 0 Å². The summed E-state index contributed by atoms with van der Waals surface area (Å²) < 4.78 is 5.63. The van der Waals surface area contributed by atoms with Gasteiger partial charge in [-0.05, 0) is 69.3 Å². The van der Waals surface area contributed by atoms with Crippen molar-refractivity contribution in [2.45, 2.75) is 72.3 Å². The van der Waals surface area contributed by atoms with E-state index in [4.69, 9.17) is 4.74 Å². The Morgan fingerprint density at radius 3 is 2.62 bits per heavy atom. The fourth-order valence-corrected chi connectivity index (χ4v) is 5.43. The topological polar surface area (TPSA) is 60.4 Å². The number of allylic oxidation sites excluding steroid dienone is 3. The van der Waals surface area contributed by atoms with Crippen LogP contribution in [-0.4, -0.2) is 24.6 Å². The van der Waals surface area contributed by atoms with Gasteiger partial charge >= 0.3 is 5.97 Å². The largest absolute Gasteiger partial charge is 0.461 e. The van der Waals surface area contributed by atoms with Gasteiger partial charge in [0, 0.05) is 18.8 Å². The number of rotatable bonds is 9. The lowest BCUT2D eigenvalue weighted by Gasteiger charge is -2.43. The molecule has 4 unspecified atom stereocenters. The van der Waals surface area contributed by atoms with Gasteiger partial charge in [-0.15, -0.1) is 0 Å². The van der Waals surface area contributed by atoms with Gasteiger partial charge in [-0.25, -0.2) is 0 Å². The van der Waals surface area contributed by atoms with E-state index in [1.807, 2.05) is 6.08 Å². The van der Waals surface area contributed by atoms with Crippen molar-refractivity contribution >= 4 is 18.5 Å². The third-order valence-electron chi connectivity index (χ3n) is 6.20. The summed E-state index contributed by atoms with van der Waals surface area (Å²) in [6, 6.07) is 0. The molecule has 1 fully saturated rings. The molecular weight excluding hydrogens is 328 g/mol. The maximum absolute atomic E-state index is 11.9. The first kappa shape index (κ1) is 20.6. The number of carbonyl (C=O) groups excluding carboxylic acids is 3. The zero-order chi connectivity index (χ0) is 19.3. The highest BCUT2D eigenvalue weighted by atomic mass is 16.5. The van der Waals surface area contributed by atoms with Crippen molar-refractivity contribution in [3.63, 3.8) is 0 Å². The van der Waals surface area contributed by atoms with E-state index >= 15 is 0 Å². The smallest absolute Gasteiger partial charge is 0.302 e. The molecule has 0 aromatic rings. The summed E-state index contributed by atoms with van der Waals surface area (Å²) in [7, 11) is 0. The number of aldehydes is 2. The van der Waals surface area contributed by atoms with Crippen LogP contribution in [0.3, 0.4) is 0 Å². The minimum Gasteiger partial charge on any atom is -0.461 e. The number of fused-ring (bicyclic) bond motifs is 1. The third-order valence-corrected chi connectivity index (χ3v) is 6.20. The van der Waals surface area contributed by atoms with Crippen LogP contribution in [0.15, 0.2) is 23.3 Å². The van der Waals surface area contributed by atoms with E-state index < -0.39 is 11.5 Å². The molecule has 26 heavy (non-hydrogen) atoms. The molecule has 0 aromatic carbocycles. The predicted molar refractivity (Wildman–Crippen MR) is 101 cm³/mol. The van der Waals surface area contributed by atoms with Crippen LogP contribution < -0.4 is 0 Å². The molecule has 0 N–H and O–H groups in total. The molecule has 0 bridgehead atoms. The third kappa shape index (κ3) is 3.99. The Hall–Kier alpha value is -1.71. The first-order chi connectivity index (χ1) is 12.4. The lowest BCUT2D eigenvalue weighted by molar-refractivity contribution is -0.157. The summed E-state index contributed by atoms with van der Waals surface area (Å²) in [5.74, 6) is 0.643. The number of esters is 1. The van der Waals surface area contributed by atoms with Crippen LogP contribution >= 0.6 is 0 Å². The van der Waals surface area contributed by atoms with E-state index in [-0.39, 0.29) is 24.2 Å². The molecule has 5 atom stereocenters. The highest BCUT2D eigenvalue weighted by Crippen LogP contribution is 2.61. The first-order valence-electron chi connectivity index (χ1n) is 9.77. The summed E-state index contributed by atoms with van der Waals surface area (Å²) in [5, 5.41) is 0. The number of hydrogen-bond acceptors (Lipinski definition) is 4. The van der Waals surface area contributed by atoms with Gasteiger partial charge in [-0.2, -0.15) is 0 Å². The molecule has 2 aliphatic carbocycles. The van der Waals surface area contributed by atoms with Gasteiger partial charge in [0.15, 0.2) is 0 Å². The van der Waals surface area contributed by atoms with Gasteiger partial charge in [0.25, 0.3) is 0 Å². The Morgan fingerprint density at radius 1 is 1.31 bits per heavy atom. The summed E-state index contributed by atoms with van der Waals surface area (Å²) in [6.07, 6.45) is 10.5. The molecule has 0 heterocycles. The molecule has 1 saturated carbocycles. The van der Waals surface area contributed by atoms with Crippen molar-refractivity contribution in [3.8, 4) is 0 Å². The summed E-state index contributed by atoms with van der Waals surface area (Å²) >= 11 is 0. The fourth-order valence-electron chi connectivity index (χ4n) is 5.43. The Bertz CT molecular complexity index is 599. The number of hydrogen-bond donors (Lipinski definition) is 0. The van der Waals surface area contributed by atoms with E-state index in [9.17, 15) is 14.4 Å². The molecule has 2 aliphatic rings. The van der Waals surface area contributed by atoms with Crippen LogP contribution in [0.1, 0.15) is 66.2 Å². The Kier molecular flexibility index (Phi) is 6.96. The van der Waals surface area contributed by atoms with Gasteiger partial charge in [0.05, 0.1) is 0 Å². The lowest BCUT2D eigenvalue weighted by atomic mass is 9.64. The van der Waals surface area contributed by atoms with Crippen LogP contribution in [0.4, 0.5) is 0 Å². The standard InChI is InChI=1S/C22H32O4/c1-15(2)13-16(3)5-6-18-7-8-19-9-10-20(14-24)22(18,19)21(11-12-23)26-17(4)25/h10,12-14,16,18-19,21H,5-9,11H2,1-4H3/t16-,18?,19?,21?,22?/m0/s1. The molecule has 4 heteroatoms. The number of carbonyl (C=O) groups is 3. The molecule has 0 spiro atoms. The molecule has 0 amide bonds. The van der Waals surface area contributed by atoms with Crippen molar-refractivity contribution in [2.24, 2.45) is 23.2 Å². The normalized spacial score (nSPS) is 29.3. The highest BCUT2D eigenvalue weighted by Gasteiger charge is 2.59. The van der Waals surface area contributed by atoms with Crippen LogP contribution in [0.25, 0.3) is 0 Å². The fraction of sp³-hybridized carbons (Fsp3) is 0.682. The van der Waals surface area contributed by atoms with Gasteiger partial charge in [0.2, 0.25) is 0 Å². The average Bonchev–Trinajstić information content (AvgIpc) is 3.09. The zero-order valence-electron chi connectivity index (χ0n) is 16.5. The molecule has 144 valence electrons. The molecule has 0 aliphatic heterocycles. The van der Waals surface area contributed by atoms with Crippen molar-refractivity contribution in [3.05, 3.63) is 23.3 Å².